The molecule has 0 aliphatic carbocycles. The lowest BCUT2D eigenvalue weighted by Crippen LogP contribution is -2.50. The van der Waals surface area contributed by atoms with E-state index in [-0.39, 0.29) is 36.7 Å². The molecule has 8 nitrogen and oxygen atoms in total. The third kappa shape index (κ3) is 6.13. The summed E-state index contributed by atoms with van der Waals surface area (Å²) < 4.78 is 10.7. The summed E-state index contributed by atoms with van der Waals surface area (Å²) in [5.74, 6) is 2.51. The third-order valence-electron chi connectivity index (χ3n) is 4.66. The van der Waals surface area contributed by atoms with Crippen LogP contribution in [0.15, 0.2) is 23.2 Å². The van der Waals surface area contributed by atoms with Crippen LogP contribution in [0.5, 0.6) is 11.5 Å². The summed E-state index contributed by atoms with van der Waals surface area (Å²) >= 11 is 0. The Morgan fingerprint density at radius 1 is 1.15 bits per heavy atom. The maximum atomic E-state index is 11.4. The van der Waals surface area contributed by atoms with E-state index in [1.54, 1.807) is 14.0 Å². The van der Waals surface area contributed by atoms with Crippen LogP contribution in [0.4, 0.5) is 0 Å². The summed E-state index contributed by atoms with van der Waals surface area (Å²) in [5.41, 5.74) is 1.11. The predicted molar refractivity (Wildman–Crippen MR) is 115 cm³/mol. The zero-order chi connectivity index (χ0) is 18.4. The first-order valence-corrected chi connectivity index (χ1v) is 8.96. The number of halogens is 1. The fourth-order valence-electron chi connectivity index (χ4n) is 3.08. The van der Waals surface area contributed by atoms with Gasteiger partial charge in [0.1, 0.15) is 0 Å². The quantitative estimate of drug-likeness (QED) is 0.363. The van der Waals surface area contributed by atoms with Crippen LogP contribution < -0.4 is 20.1 Å². The number of hydrogen-bond donors (Lipinski definition) is 2. The molecule has 2 N–H and O–H groups in total. The predicted octanol–water partition coefficient (Wildman–Crippen LogP) is 0.862. The highest BCUT2D eigenvalue weighted by atomic mass is 127. The number of amides is 1. The van der Waals surface area contributed by atoms with Crippen LogP contribution in [0.2, 0.25) is 0 Å². The van der Waals surface area contributed by atoms with E-state index < -0.39 is 0 Å². The Morgan fingerprint density at radius 3 is 2.59 bits per heavy atom. The van der Waals surface area contributed by atoms with E-state index in [0.717, 1.165) is 62.3 Å². The van der Waals surface area contributed by atoms with E-state index in [2.05, 4.69) is 20.5 Å². The van der Waals surface area contributed by atoms with Crippen molar-refractivity contribution >= 4 is 35.8 Å². The topological polar surface area (TPSA) is 78.4 Å². The van der Waals surface area contributed by atoms with Crippen molar-refractivity contribution in [1.29, 1.82) is 0 Å². The second-order valence-electron chi connectivity index (χ2n) is 6.39. The van der Waals surface area contributed by atoms with Gasteiger partial charge in [-0.15, -0.1) is 24.0 Å². The summed E-state index contributed by atoms with van der Waals surface area (Å²) in [7, 11) is 1.76. The first-order valence-electron chi connectivity index (χ1n) is 8.96. The van der Waals surface area contributed by atoms with Gasteiger partial charge in [0.2, 0.25) is 12.7 Å². The van der Waals surface area contributed by atoms with Gasteiger partial charge in [-0.2, -0.15) is 0 Å². The molecule has 3 rings (SSSR count). The van der Waals surface area contributed by atoms with Gasteiger partial charge in [-0.05, 0) is 17.7 Å². The molecule has 9 heteroatoms. The van der Waals surface area contributed by atoms with Crippen LogP contribution in [0.3, 0.4) is 0 Å². The average Bonchev–Trinajstić information content (AvgIpc) is 3.12. The number of piperazine rings is 1. The molecule has 1 saturated heterocycles. The van der Waals surface area contributed by atoms with Crippen molar-refractivity contribution in [1.82, 2.24) is 20.4 Å². The van der Waals surface area contributed by atoms with Crippen molar-refractivity contribution in [2.24, 2.45) is 4.99 Å². The fourth-order valence-corrected chi connectivity index (χ4v) is 3.08. The van der Waals surface area contributed by atoms with Crippen LogP contribution in [0.1, 0.15) is 12.5 Å². The largest absolute Gasteiger partial charge is 0.454 e. The van der Waals surface area contributed by atoms with Gasteiger partial charge in [0.05, 0.1) is 0 Å². The summed E-state index contributed by atoms with van der Waals surface area (Å²) in [6.45, 7) is 7.78. The molecule has 2 heterocycles. The number of nitrogens with zero attached hydrogens (tertiary/aromatic N) is 3. The number of carbonyl (C=O) groups is 1. The maximum Gasteiger partial charge on any atom is 0.231 e. The number of fused-ring (bicyclic) bond motifs is 1. The highest BCUT2D eigenvalue weighted by molar-refractivity contribution is 14.0. The second-order valence-corrected chi connectivity index (χ2v) is 6.39. The minimum Gasteiger partial charge on any atom is -0.454 e. The molecular weight excluding hydrogens is 461 g/mol. The van der Waals surface area contributed by atoms with E-state index in [1.807, 2.05) is 23.1 Å². The van der Waals surface area contributed by atoms with Gasteiger partial charge in [0.15, 0.2) is 17.5 Å². The minimum absolute atomic E-state index is 0. The zero-order valence-corrected chi connectivity index (χ0v) is 18.2. The van der Waals surface area contributed by atoms with Crippen LogP contribution in [-0.2, 0) is 11.3 Å². The van der Waals surface area contributed by atoms with Gasteiger partial charge in [-0.1, -0.05) is 6.07 Å². The number of aliphatic imine (C=N–C) groups is 1. The molecule has 0 atom stereocenters. The molecule has 0 radical (unpaired) electrons. The Bertz CT molecular complexity index is 662. The van der Waals surface area contributed by atoms with E-state index in [1.165, 1.54) is 0 Å². The first kappa shape index (κ1) is 21.5. The molecule has 0 spiro atoms. The minimum atomic E-state index is 0. The molecule has 0 unspecified atom stereocenters. The standard InChI is InChI=1S/C18H27N5O3.HI/c1-14(24)23-9-7-22(8-10-23)6-5-20-18(19-2)21-12-15-3-4-16-17(11-15)26-13-25-16;/h3-4,11H,5-10,12-13H2,1-2H3,(H2,19,20,21);1H. The summed E-state index contributed by atoms with van der Waals surface area (Å²) in [4.78, 5) is 19.9. The van der Waals surface area contributed by atoms with Crippen molar-refractivity contribution in [2.75, 3.05) is 53.1 Å². The Kier molecular flexibility index (Phi) is 8.42. The molecule has 1 aromatic carbocycles. The summed E-state index contributed by atoms with van der Waals surface area (Å²) in [6.07, 6.45) is 0. The van der Waals surface area contributed by atoms with Crippen molar-refractivity contribution in [3.05, 3.63) is 23.8 Å². The molecule has 0 bridgehead atoms. The molecular formula is C18H28IN5O3. The molecule has 0 aromatic heterocycles. The molecule has 2 aliphatic rings. The monoisotopic (exact) mass is 489 g/mol. The van der Waals surface area contributed by atoms with Gasteiger partial charge in [-0.3, -0.25) is 14.7 Å². The van der Waals surface area contributed by atoms with Gasteiger partial charge in [0, 0.05) is 59.8 Å². The number of guanidine groups is 1. The zero-order valence-electron chi connectivity index (χ0n) is 15.9. The number of hydrogen-bond acceptors (Lipinski definition) is 5. The van der Waals surface area contributed by atoms with Gasteiger partial charge in [0.25, 0.3) is 0 Å². The van der Waals surface area contributed by atoms with E-state index in [9.17, 15) is 4.79 Å². The fraction of sp³-hybridized carbons (Fsp3) is 0.556. The molecule has 2 aliphatic heterocycles. The van der Waals surface area contributed by atoms with E-state index >= 15 is 0 Å². The lowest BCUT2D eigenvalue weighted by molar-refractivity contribution is -0.130. The Labute approximate surface area is 177 Å². The summed E-state index contributed by atoms with van der Waals surface area (Å²) in [5, 5.41) is 6.64. The molecule has 27 heavy (non-hydrogen) atoms. The van der Waals surface area contributed by atoms with Crippen molar-refractivity contribution in [3.63, 3.8) is 0 Å². The lowest BCUT2D eigenvalue weighted by atomic mass is 10.2. The van der Waals surface area contributed by atoms with E-state index in [4.69, 9.17) is 9.47 Å². The second kappa shape index (κ2) is 10.5. The van der Waals surface area contributed by atoms with Crippen LogP contribution in [-0.4, -0.2) is 74.8 Å². The van der Waals surface area contributed by atoms with Crippen LogP contribution in [0, 0.1) is 0 Å². The molecule has 0 saturated carbocycles. The number of rotatable bonds is 5. The lowest BCUT2D eigenvalue weighted by Gasteiger charge is -2.34. The number of carbonyl (C=O) groups excluding carboxylic acids is 1. The number of benzene rings is 1. The van der Waals surface area contributed by atoms with Crippen LogP contribution >= 0.6 is 24.0 Å². The number of nitrogens with one attached hydrogen (secondary N) is 2. The molecule has 1 amide bonds. The highest BCUT2D eigenvalue weighted by Gasteiger charge is 2.18. The average molecular weight is 489 g/mol. The van der Waals surface area contributed by atoms with Crippen molar-refractivity contribution in [2.45, 2.75) is 13.5 Å². The van der Waals surface area contributed by atoms with Gasteiger partial charge in [-0.25, -0.2) is 0 Å². The van der Waals surface area contributed by atoms with E-state index in [0.29, 0.717) is 6.54 Å². The van der Waals surface area contributed by atoms with Crippen molar-refractivity contribution in [3.8, 4) is 11.5 Å². The SMILES string of the molecule is CN=C(NCCN1CCN(C(C)=O)CC1)NCc1ccc2c(c1)OCO2.I. The molecule has 1 fully saturated rings. The smallest absolute Gasteiger partial charge is 0.231 e. The van der Waals surface area contributed by atoms with Gasteiger partial charge >= 0.3 is 0 Å². The maximum absolute atomic E-state index is 11.4. The van der Waals surface area contributed by atoms with Gasteiger partial charge < -0.3 is 25.0 Å². The normalized spacial score (nSPS) is 16.7. The Hall–Kier alpha value is -1.75. The Balaban J connectivity index is 0.00000261. The third-order valence-corrected chi connectivity index (χ3v) is 4.66. The van der Waals surface area contributed by atoms with Crippen molar-refractivity contribution < 1.29 is 14.3 Å². The first-order chi connectivity index (χ1) is 12.7. The van der Waals surface area contributed by atoms with Crippen LogP contribution in [0.25, 0.3) is 0 Å². The molecule has 1 aromatic rings. The highest BCUT2D eigenvalue weighted by Crippen LogP contribution is 2.32. The number of ether oxygens (including phenoxy) is 2. The Morgan fingerprint density at radius 2 is 1.89 bits per heavy atom. The molecule has 150 valence electrons. The summed E-state index contributed by atoms with van der Waals surface area (Å²) in [6, 6.07) is 5.93.